The number of nitrogens with one attached hydrogen (secondary N) is 2. The lowest BCUT2D eigenvalue weighted by Crippen LogP contribution is -2.46. The van der Waals surface area contributed by atoms with E-state index < -0.39 is 23.5 Å². The Morgan fingerprint density at radius 2 is 2.12 bits per heavy atom. The van der Waals surface area contributed by atoms with Gasteiger partial charge in [-0.2, -0.15) is 0 Å². The summed E-state index contributed by atoms with van der Waals surface area (Å²) >= 11 is 6.07. The lowest BCUT2D eigenvalue weighted by Gasteiger charge is -2.23. The van der Waals surface area contributed by atoms with Crippen molar-refractivity contribution in [2.45, 2.75) is 38.7 Å². The van der Waals surface area contributed by atoms with Crippen LogP contribution in [-0.2, 0) is 4.79 Å². The van der Waals surface area contributed by atoms with Gasteiger partial charge in [0, 0.05) is 12.6 Å². The Morgan fingerprint density at radius 3 is 2.69 bits per heavy atom. The number of carbonyl (C=O) groups excluding carboxylic acids is 2. The van der Waals surface area contributed by atoms with Gasteiger partial charge in [-0.1, -0.05) is 17.7 Å². The molecule has 0 spiro atoms. The average molecular weight is 382 g/mol. The molecule has 2 rings (SSSR count). The molecule has 1 aliphatic rings. The highest BCUT2D eigenvalue weighted by molar-refractivity contribution is 6.46. The molecule has 140 valence electrons. The molecular formula is C18H21ClFN3O3. The van der Waals surface area contributed by atoms with E-state index in [0.29, 0.717) is 4.90 Å². The maximum absolute atomic E-state index is 14.5. The third kappa shape index (κ3) is 4.60. The predicted octanol–water partition coefficient (Wildman–Crippen LogP) is 4.07. The molecule has 0 aliphatic heterocycles. The Labute approximate surface area is 156 Å². The van der Waals surface area contributed by atoms with Crippen molar-refractivity contribution in [1.29, 1.82) is 5.41 Å². The van der Waals surface area contributed by atoms with E-state index in [2.05, 4.69) is 11.9 Å². The molecule has 2 N–H and O–H groups in total. The number of hydrogen-bond donors (Lipinski definition) is 2. The number of ether oxygens (including phenoxy) is 1. The van der Waals surface area contributed by atoms with Gasteiger partial charge in [0.05, 0.1) is 22.5 Å². The van der Waals surface area contributed by atoms with Crippen molar-refractivity contribution in [2.75, 3.05) is 11.4 Å². The Morgan fingerprint density at radius 1 is 1.46 bits per heavy atom. The summed E-state index contributed by atoms with van der Waals surface area (Å²) in [4.78, 5) is 25.2. The van der Waals surface area contributed by atoms with Crippen LogP contribution in [0, 0.1) is 11.2 Å². The van der Waals surface area contributed by atoms with Crippen LogP contribution in [0.5, 0.6) is 5.75 Å². The summed E-state index contributed by atoms with van der Waals surface area (Å²) in [7, 11) is 0. The molecule has 1 fully saturated rings. The summed E-state index contributed by atoms with van der Waals surface area (Å²) in [5.41, 5.74) is -0.730. The maximum Gasteiger partial charge on any atom is 0.329 e. The van der Waals surface area contributed by atoms with Gasteiger partial charge < -0.3 is 10.1 Å². The number of nitrogens with zero attached hydrogens (tertiary/aromatic N) is 1. The molecule has 0 aromatic heterocycles. The Bertz CT molecular complexity index is 733. The van der Waals surface area contributed by atoms with Gasteiger partial charge in [-0.3, -0.25) is 10.2 Å². The van der Waals surface area contributed by atoms with E-state index in [0.717, 1.165) is 31.7 Å². The van der Waals surface area contributed by atoms with Crippen molar-refractivity contribution in [3.05, 3.63) is 35.6 Å². The summed E-state index contributed by atoms with van der Waals surface area (Å²) in [6.07, 6.45) is 5.20. The fourth-order valence-electron chi connectivity index (χ4n) is 2.68. The molecule has 26 heavy (non-hydrogen) atoms. The summed E-state index contributed by atoms with van der Waals surface area (Å²) in [6.45, 7) is 4.78. The van der Waals surface area contributed by atoms with E-state index in [1.165, 1.54) is 19.1 Å². The van der Waals surface area contributed by atoms with Crippen LogP contribution in [0.3, 0.4) is 0 Å². The highest BCUT2D eigenvalue weighted by Gasteiger charge is 2.29. The Kier molecular flexibility index (Phi) is 6.74. The standard InChI is InChI=1S/C18H21ClFN3O3/c1-3-8-22-18(25)23(17(24)11(2)21)15-10-16(13(19)9-14(15)20)26-12-6-4-5-7-12/h3,9-10,12,21H,1,4-8H2,2H3,(H,22,25). The molecule has 1 aliphatic carbocycles. The predicted molar refractivity (Wildman–Crippen MR) is 98.8 cm³/mol. The summed E-state index contributed by atoms with van der Waals surface area (Å²) in [6, 6.07) is 1.36. The maximum atomic E-state index is 14.5. The Hall–Kier alpha value is -2.41. The van der Waals surface area contributed by atoms with Gasteiger partial charge >= 0.3 is 6.03 Å². The minimum Gasteiger partial charge on any atom is -0.489 e. The van der Waals surface area contributed by atoms with Crippen LogP contribution in [0.1, 0.15) is 32.6 Å². The topological polar surface area (TPSA) is 82.5 Å². The van der Waals surface area contributed by atoms with Crippen LogP contribution in [-0.4, -0.2) is 30.3 Å². The van der Waals surface area contributed by atoms with E-state index in [1.54, 1.807) is 0 Å². The highest BCUT2D eigenvalue weighted by atomic mass is 35.5. The smallest absolute Gasteiger partial charge is 0.329 e. The molecule has 8 heteroatoms. The number of urea groups is 1. The van der Waals surface area contributed by atoms with Crippen LogP contribution in [0.15, 0.2) is 24.8 Å². The summed E-state index contributed by atoms with van der Waals surface area (Å²) < 4.78 is 20.3. The third-order valence-corrected chi connectivity index (χ3v) is 4.26. The van der Waals surface area contributed by atoms with E-state index in [-0.39, 0.29) is 29.1 Å². The fraction of sp³-hybridized carbons (Fsp3) is 0.389. The van der Waals surface area contributed by atoms with Crippen molar-refractivity contribution < 1.29 is 18.7 Å². The van der Waals surface area contributed by atoms with Crippen LogP contribution < -0.4 is 15.0 Å². The second kappa shape index (κ2) is 8.80. The first-order chi connectivity index (χ1) is 12.3. The zero-order valence-electron chi connectivity index (χ0n) is 14.5. The van der Waals surface area contributed by atoms with Gasteiger partial charge in [0.1, 0.15) is 11.6 Å². The largest absolute Gasteiger partial charge is 0.489 e. The van der Waals surface area contributed by atoms with Crippen LogP contribution in [0.25, 0.3) is 0 Å². The normalized spacial score (nSPS) is 14.0. The monoisotopic (exact) mass is 381 g/mol. The first-order valence-corrected chi connectivity index (χ1v) is 8.67. The Balaban J connectivity index is 2.41. The molecule has 6 nitrogen and oxygen atoms in total. The molecule has 1 saturated carbocycles. The van der Waals surface area contributed by atoms with E-state index in [1.807, 2.05) is 0 Å². The van der Waals surface area contributed by atoms with Gasteiger partial charge in [0.25, 0.3) is 5.91 Å². The van der Waals surface area contributed by atoms with Crippen LogP contribution in [0.2, 0.25) is 5.02 Å². The molecule has 3 amide bonds. The lowest BCUT2D eigenvalue weighted by atomic mass is 10.2. The van der Waals surface area contributed by atoms with Crippen molar-refractivity contribution in [3.8, 4) is 5.75 Å². The van der Waals surface area contributed by atoms with Crippen molar-refractivity contribution >= 4 is 34.9 Å². The zero-order valence-corrected chi connectivity index (χ0v) is 15.2. The minimum atomic E-state index is -0.945. The number of rotatable bonds is 6. The molecular weight excluding hydrogens is 361 g/mol. The molecule has 1 aromatic carbocycles. The number of imide groups is 1. The van der Waals surface area contributed by atoms with Crippen LogP contribution in [0.4, 0.5) is 14.9 Å². The van der Waals surface area contributed by atoms with E-state index in [4.69, 9.17) is 21.7 Å². The zero-order chi connectivity index (χ0) is 19.3. The van der Waals surface area contributed by atoms with E-state index in [9.17, 15) is 14.0 Å². The number of hydrogen-bond acceptors (Lipinski definition) is 4. The second-order valence-corrected chi connectivity index (χ2v) is 6.41. The first-order valence-electron chi connectivity index (χ1n) is 8.29. The van der Waals surface area contributed by atoms with Crippen molar-refractivity contribution in [1.82, 2.24) is 5.32 Å². The quantitative estimate of drug-likeness (QED) is 0.575. The minimum absolute atomic E-state index is 0.0333. The number of amides is 3. The molecule has 0 radical (unpaired) electrons. The SMILES string of the molecule is C=CCNC(=O)N(C(=O)C(C)=N)c1cc(OC2CCCC2)c(Cl)cc1F. The summed E-state index contributed by atoms with van der Waals surface area (Å²) in [5.74, 6) is -1.61. The fourth-order valence-corrected chi connectivity index (χ4v) is 2.88. The first kappa shape index (κ1) is 19.9. The molecule has 0 heterocycles. The molecule has 1 aromatic rings. The van der Waals surface area contributed by atoms with Gasteiger partial charge in [-0.25, -0.2) is 14.1 Å². The number of halogens is 2. The lowest BCUT2D eigenvalue weighted by molar-refractivity contribution is -0.112. The van der Waals surface area contributed by atoms with Gasteiger partial charge in [-0.05, 0) is 38.7 Å². The van der Waals surface area contributed by atoms with Gasteiger partial charge in [0.15, 0.2) is 0 Å². The van der Waals surface area contributed by atoms with Gasteiger partial charge in [-0.15, -0.1) is 6.58 Å². The van der Waals surface area contributed by atoms with Gasteiger partial charge in [0.2, 0.25) is 0 Å². The molecule has 0 atom stereocenters. The number of carbonyl (C=O) groups is 2. The second-order valence-electron chi connectivity index (χ2n) is 6.00. The molecule has 0 unspecified atom stereocenters. The number of benzene rings is 1. The van der Waals surface area contributed by atoms with E-state index >= 15 is 0 Å². The highest BCUT2D eigenvalue weighted by Crippen LogP contribution is 2.35. The number of anilines is 1. The molecule has 0 bridgehead atoms. The van der Waals surface area contributed by atoms with Crippen molar-refractivity contribution in [2.24, 2.45) is 0 Å². The third-order valence-electron chi connectivity index (χ3n) is 3.96. The van der Waals surface area contributed by atoms with Crippen molar-refractivity contribution in [3.63, 3.8) is 0 Å². The summed E-state index contributed by atoms with van der Waals surface area (Å²) in [5, 5.41) is 10.00. The molecule has 0 saturated heterocycles. The van der Waals surface area contributed by atoms with Crippen LogP contribution >= 0.6 is 11.6 Å². The average Bonchev–Trinajstić information content (AvgIpc) is 3.09.